The maximum absolute atomic E-state index is 12.3. The van der Waals surface area contributed by atoms with Gasteiger partial charge < -0.3 is 29.2 Å². The highest BCUT2D eigenvalue weighted by molar-refractivity contribution is 6.03. The molecule has 9 nitrogen and oxygen atoms in total. The van der Waals surface area contributed by atoms with Crippen molar-refractivity contribution >= 4 is 29.2 Å². The van der Waals surface area contributed by atoms with Gasteiger partial charge in [-0.15, -0.1) is 0 Å². The highest BCUT2D eigenvalue weighted by Crippen LogP contribution is 2.36. The topological polar surface area (TPSA) is 103 Å². The van der Waals surface area contributed by atoms with Crippen LogP contribution in [0, 0.1) is 0 Å². The van der Waals surface area contributed by atoms with Crippen molar-refractivity contribution in [3.63, 3.8) is 0 Å². The Balaban J connectivity index is 2.04. The molecule has 26 heavy (non-hydrogen) atoms. The molecule has 3 rings (SSSR count). The minimum absolute atomic E-state index is 0.0334. The normalized spacial score (nSPS) is 19.3. The molecule has 138 valence electrons. The van der Waals surface area contributed by atoms with Crippen molar-refractivity contribution in [2.75, 3.05) is 37.8 Å². The summed E-state index contributed by atoms with van der Waals surface area (Å²) >= 11 is 0. The standard InChI is InChI=1S/C17H18N2O7/c1-9-15(20)18-12-5-4-10(6-13(12)26-9)19-8-25-7-11(16(21)23-2)14(19)17(22)24-3/h4-6,9H,7-8H2,1-3H3,(H,18,20). The predicted molar refractivity (Wildman–Crippen MR) is 89.5 cm³/mol. The number of hydrogen-bond donors (Lipinski definition) is 1. The number of amides is 1. The van der Waals surface area contributed by atoms with Gasteiger partial charge in [-0.05, 0) is 19.1 Å². The Hall–Kier alpha value is -3.07. The van der Waals surface area contributed by atoms with Crippen LogP contribution in [-0.2, 0) is 28.6 Å². The molecule has 1 atom stereocenters. The van der Waals surface area contributed by atoms with Crippen molar-refractivity contribution in [2.24, 2.45) is 0 Å². The van der Waals surface area contributed by atoms with Crippen molar-refractivity contribution in [3.05, 3.63) is 29.5 Å². The van der Waals surface area contributed by atoms with Gasteiger partial charge in [0.25, 0.3) is 5.91 Å². The van der Waals surface area contributed by atoms with Gasteiger partial charge in [0.1, 0.15) is 18.2 Å². The molecule has 1 unspecified atom stereocenters. The maximum Gasteiger partial charge on any atom is 0.355 e. The van der Waals surface area contributed by atoms with E-state index in [-0.39, 0.29) is 30.5 Å². The summed E-state index contributed by atoms with van der Waals surface area (Å²) in [6.07, 6.45) is -0.642. The van der Waals surface area contributed by atoms with E-state index in [9.17, 15) is 14.4 Å². The number of esters is 2. The zero-order valence-electron chi connectivity index (χ0n) is 14.5. The summed E-state index contributed by atoms with van der Waals surface area (Å²) in [5.41, 5.74) is 1.16. The lowest BCUT2D eigenvalue weighted by Gasteiger charge is -2.32. The van der Waals surface area contributed by atoms with Crippen molar-refractivity contribution < 1.29 is 33.3 Å². The zero-order chi connectivity index (χ0) is 18.8. The first-order valence-electron chi connectivity index (χ1n) is 7.83. The van der Waals surface area contributed by atoms with Crippen molar-refractivity contribution in [3.8, 4) is 5.75 Å². The van der Waals surface area contributed by atoms with E-state index in [2.05, 4.69) is 5.32 Å². The van der Waals surface area contributed by atoms with Gasteiger partial charge in [0.05, 0.1) is 32.1 Å². The van der Waals surface area contributed by atoms with Gasteiger partial charge in [-0.2, -0.15) is 0 Å². The van der Waals surface area contributed by atoms with E-state index < -0.39 is 18.0 Å². The zero-order valence-corrected chi connectivity index (χ0v) is 14.5. The molecule has 0 bridgehead atoms. The first-order chi connectivity index (χ1) is 12.5. The lowest BCUT2D eigenvalue weighted by Crippen LogP contribution is -2.39. The molecule has 1 aromatic carbocycles. The van der Waals surface area contributed by atoms with E-state index >= 15 is 0 Å². The fourth-order valence-corrected chi connectivity index (χ4v) is 2.71. The van der Waals surface area contributed by atoms with Crippen LogP contribution < -0.4 is 15.0 Å². The van der Waals surface area contributed by atoms with E-state index in [1.807, 2.05) is 0 Å². The van der Waals surface area contributed by atoms with E-state index in [1.165, 1.54) is 19.1 Å². The number of methoxy groups -OCH3 is 2. The van der Waals surface area contributed by atoms with Crippen LogP contribution >= 0.6 is 0 Å². The third-order valence-electron chi connectivity index (χ3n) is 4.04. The number of benzene rings is 1. The van der Waals surface area contributed by atoms with Crippen molar-refractivity contribution in [2.45, 2.75) is 13.0 Å². The molecule has 0 aliphatic carbocycles. The molecule has 2 aliphatic heterocycles. The largest absolute Gasteiger partial charge is 0.479 e. The number of nitrogens with one attached hydrogen (secondary N) is 1. The molecule has 0 saturated heterocycles. The second-order valence-electron chi connectivity index (χ2n) is 5.65. The summed E-state index contributed by atoms with van der Waals surface area (Å²) in [6, 6.07) is 4.97. The minimum Gasteiger partial charge on any atom is -0.479 e. The molecule has 0 spiro atoms. The van der Waals surface area contributed by atoms with Crippen LogP contribution in [0.3, 0.4) is 0 Å². The smallest absolute Gasteiger partial charge is 0.355 e. The van der Waals surface area contributed by atoms with Crippen molar-refractivity contribution in [1.82, 2.24) is 0 Å². The lowest BCUT2D eigenvalue weighted by molar-refractivity contribution is -0.140. The Morgan fingerprint density at radius 1 is 1.23 bits per heavy atom. The molecule has 1 N–H and O–H groups in total. The number of anilines is 2. The summed E-state index contributed by atoms with van der Waals surface area (Å²) in [5.74, 6) is -1.15. The number of carbonyl (C=O) groups excluding carboxylic acids is 3. The van der Waals surface area contributed by atoms with E-state index in [1.54, 1.807) is 25.1 Å². The van der Waals surface area contributed by atoms with Gasteiger partial charge in [-0.1, -0.05) is 0 Å². The predicted octanol–water partition coefficient (Wildman–Crippen LogP) is 0.800. The Labute approximate surface area is 149 Å². The molecular weight excluding hydrogens is 344 g/mol. The highest BCUT2D eigenvalue weighted by Gasteiger charge is 2.33. The molecule has 0 radical (unpaired) electrons. The van der Waals surface area contributed by atoms with Crippen LogP contribution in [0.2, 0.25) is 0 Å². The van der Waals surface area contributed by atoms with E-state index in [0.29, 0.717) is 17.1 Å². The number of rotatable bonds is 3. The Morgan fingerprint density at radius 3 is 2.65 bits per heavy atom. The minimum atomic E-state index is -0.686. The third kappa shape index (κ3) is 3.08. The molecule has 0 saturated carbocycles. The number of fused-ring (bicyclic) bond motifs is 1. The lowest BCUT2D eigenvalue weighted by atomic mass is 10.1. The fraction of sp³-hybridized carbons (Fsp3) is 0.353. The van der Waals surface area contributed by atoms with Crippen LogP contribution in [0.1, 0.15) is 6.92 Å². The van der Waals surface area contributed by atoms with Gasteiger partial charge in [0.15, 0.2) is 6.10 Å². The molecule has 9 heteroatoms. The Morgan fingerprint density at radius 2 is 1.96 bits per heavy atom. The second kappa shape index (κ2) is 7.04. The second-order valence-corrected chi connectivity index (χ2v) is 5.65. The van der Waals surface area contributed by atoms with Crippen LogP contribution in [0.5, 0.6) is 5.75 Å². The molecular formula is C17H18N2O7. The summed E-state index contributed by atoms with van der Waals surface area (Å²) < 4.78 is 20.6. The summed E-state index contributed by atoms with van der Waals surface area (Å²) in [7, 11) is 2.45. The van der Waals surface area contributed by atoms with Crippen LogP contribution in [0.15, 0.2) is 29.5 Å². The number of hydrogen-bond acceptors (Lipinski definition) is 8. The summed E-state index contributed by atoms with van der Waals surface area (Å²) in [5, 5.41) is 2.73. The first-order valence-corrected chi connectivity index (χ1v) is 7.83. The quantitative estimate of drug-likeness (QED) is 0.788. The van der Waals surface area contributed by atoms with E-state index in [0.717, 1.165) is 0 Å². The first kappa shape index (κ1) is 17.7. The number of carbonyl (C=O) groups is 3. The molecule has 0 aromatic heterocycles. The Bertz CT molecular complexity index is 802. The van der Waals surface area contributed by atoms with Gasteiger partial charge in [0.2, 0.25) is 0 Å². The van der Waals surface area contributed by atoms with Gasteiger partial charge in [-0.3, -0.25) is 4.79 Å². The molecule has 2 aliphatic rings. The molecule has 1 aromatic rings. The van der Waals surface area contributed by atoms with Gasteiger partial charge in [-0.25, -0.2) is 9.59 Å². The summed E-state index contributed by atoms with van der Waals surface area (Å²) in [4.78, 5) is 37.5. The molecule has 0 fully saturated rings. The van der Waals surface area contributed by atoms with Gasteiger partial charge in [0, 0.05) is 11.8 Å². The van der Waals surface area contributed by atoms with Crippen LogP contribution in [0.4, 0.5) is 11.4 Å². The van der Waals surface area contributed by atoms with Crippen LogP contribution in [0.25, 0.3) is 0 Å². The average molecular weight is 362 g/mol. The molecule has 1 amide bonds. The maximum atomic E-state index is 12.3. The molecule has 2 heterocycles. The van der Waals surface area contributed by atoms with Crippen molar-refractivity contribution in [1.29, 1.82) is 0 Å². The third-order valence-corrected chi connectivity index (χ3v) is 4.04. The number of ether oxygens (including phenoxy) is 4. The average Bonchev–Trinajstić information content (AvgIpc) is 2.66. The highest BCUT2D eigenvalue weighted by atomic mass is 16.5. The SMILES string of the molecule is COC(=O)C1=C(C(=O)OC)N(c2ccc3c(c2)OC(C)C(=O)N3)COC1. The monoisotopic (exact) mass is 362 g/mol. The van der Waals surface area contributed by atoms with E-state index in [4.69, 9.17) is 18.9 Å². The van der Waals surface area contributed by atoms with Gasteiger partial charge >= 0.3 is 11.9 Å². The number of nitrogens with zero attached hydrogens (tertiary/aromatic N) is 1. The van der Waals surface area contributed by atoms with Crippen LogP contribution in [-0.4, -0.2) is 51.5 Å². The Kier molecular flexibility index (Phi) is 4.81. The fourth-order valence-electron chi connectivity index (χ4n) is 2.71. The summed E-state index contributed by atoms with van der Waals surface area (Å²) in [6.45, 7) is 1.60.